The van der Waals surface area contributed by atoms with Crippen LogP contribution in [0.4, 0.5) is 21.8 Å². The van der Waals surface area contributed by atoms with Crippen LogP contribution in [0.25, 0.3) is 22.3 Å². The molecule has 0 saturated carbocycles. The molecule has 1 fully saturated rings. The molecule has 0 atom stereocenters. The molecule has 1 aliphatic heterocycles. The fourth-order valence-corrected chi connectivity index (χ4v) is 4.36. The number of pyridine rings is 1. The highest BCUT2D eigenvalue weighted by atomic mass is 19.1. The molecule has 5 heterocycles. The Morgan fingerprint density at radius 1 is 1.00 bits per heavy atom. The fraction of sp³-hybridized carbons (Fsp3) is 0.231. The van der Waals surface area contributed by atoms with Crippen molar-refractivity contribution < 1.29 is 9.13 Å². The number of nitrogens with zero attached hydrogens (tertiary/aromatic N) is 6. The Hall–Kier alpha value is -4.51. The standard InChI is InChI=1S/C26H26FN9O/c1-16-13-17-18(29-16)6-7-21(25(17)27)37-26-31-22(15-24(32-26)36-11-9-35(2)10-12-36)30-23-14-20(33-34-23)19-5-3-4-8-28-19/h3-8,13-15,29H,9-12H2,1-2H3,(H2,30,31,32,33,34). The van der Waals surface area contributed by atoms with Crippen LogP contribution in [0.5, 0.6) is 11.8 Å². The maximum Gasteiger partial charge on any atom is 0.326 e. The first-order valence-electron chi connectivity index (χ1n) is 12.0. The van der Waals surface area contributed by atoms with Gasteiger partial charge in [-0.25, -0.2) is 4.39 Å². The highest BCUT2D eigenvalue weighted by Crippen LogP contribution is 2.31. The van der Waals surface area contributed by atoms with Gasteiger partial charge in [0.15, 0.2) is 17.4 Å². The van der Waals surface area contributed by atoms with E-state index in [-0.39, 0.29) is 11.8 Å². The van der Waals surface area contributed by atoms with E-state index in [1.807, 2.05) is 37.3 Å². The summed E-state index contributed by atoms with van der Waals surface area (Å²) in [4.78, 5) is 21.1. The number of nitrogens with one attached hydrogen (secondary N) is 3. The van der Waals surface area contributed by atoms with Crippen LogP contribution in [0.2, 0.25) is 0 Å². The van der Waals surface area contributed by atoms with Crippen molar-refractivity contribution in [3.8, 4) is 23.1 Å². The number of halogens is 1. The zero-order chi connectivity index (χ0) is 25.4. The van der Waals surface area contributed by atoms with Crippen LogP contribution in [-0.4, -0.2) is 68.3 Å². The summed E-state index contributed by atoms with van der Waals surface area (Å²) in [7, 11) is 2.09. The second kappa shape index (κ2) is 9.51. The summed E-state index contributed by atoms with van der Waals surface area (Å²) in [6.07, 6.45) is 1.73. The lowest BCUT2D eigenvalue weighted by atomic mass is 10.2. The van der Waals surface area contributed by atoms with Crippen molar-refractivity contribution in [2.24, 2.45) is 0 Å². The number of ether oxygens (including phenoxy) is 1. The third-order valence-corrected chi connectivity index (χ3v) is 6.33. The van der Waals surface area contributed by atoms with Crippen LogP contribution >= 0.6 is 0 Å². The first-order valence-corrected chi connectivity index (χ1v) is 12.0. The molecule has 0 spiro atoms. The minimum Gasteiger partial charge on any atom is -0.421 e. The van der Waals surface area contributed by atoms with E-state index in [2.05, 4.69) is 52.3 Å². The van der Waals surface area contributed by atoms with Gasteiger partial charge in [-0.1, -0.05) is 6.07 Å². The second-order valence-electron chi connectivity index (χ2n) is 9.08. The number of rotatable bonds is 6. The average molecular weight is 500 g/mol. The lowest BCUT2D eigenvalue weighted by Crippen LogP contribution is -2.44. The Labute approximate surface area is 212 Å². The van der Waals surface area contributed by atoms with Gasteiger partial charge in [0.05, 0.1) is 11.4 Å². The van der Waals surface area contributed by atoms with Crippen LogP contribution in [0.3, 0.4) is 0 Å². The van der Waals surface area contributed by atoms with Crippen molar-refractivity contribution in [3.05, 3.63) is 66.2 Å². The molecule has 0 unspecified atom stereocenters. The first-order chi connectivity index (χ1) is 18.0. The molecule has 0 aliphatic carbocycles. The minimum atomic E-state index is -0.461. The maximum absolute atomic E-state index is 15.2. The SMILES string of the molecule is Cc1cc2c(F)c(Oc3nc(Nc4cc(-c5ccccn5)[nH]n4)cc(N4CCN(C)CC4)n3)ccc2[nH]1. The lowest BCUT2D eigenvalue weighted by molar-refractivity contribution is 0.311. The van der Waals surface area contributed by atoms with Crippen molar-refractivity contribution in [2.45, 2.75) is 6.92 Å². The number of aromatic amines is 2. The van der Waals surface area contributed by atoms with E-state index in [1.54, 1.807) is 24.4 Å². The lowest BCUT2D eigenvalue weighted by Gasteiger charge is -2.33. The summed E-state index contributed by atoms with van der Waals surface area (Å²) in [5.41, 5.74) is 3.12. The summed E-state index contributed by atoms with van der Waals surface area (Å²) in [5.74, 6) is 1.34. The highest BCUT2D eigenvalue weighted by Gasteiger charge is 2.20. The molecule has 1 aromatic carbocycles. The van der Waals surface area contributed by atoms with E-state index in [9.17, 15) is 0 Å². The molecule has 1 aliphatic rings. The molecule has 3 N–H and O–H groups in total. The van der Waals surface area contributed by atoms with Crippen molar-refractivity contribution in [1.29, 1.82) is 0 Å². The van der Waals surface area contributed by atoms with Gasteiger partial charge >= 0.3 is 6.01 Å². The molecule has 37 heavy (non-hydrogen) atoms. The third kappa shape index (κ3) is 4.81. The molecule has 0 bridgehead atoms. The van der Waals surface area contributed by atoms with Crippen molar-refractivity contribution in [3.63, 3.8) is 0 Å². The quantitative estimate of drug-likeness (QED) is 0.314. The number of fused-ring (bicyclic) bond motifs is 1. The van der Waals surface area contributed by atoms with Gasteiger partial charge in [0.1, 0.15) is 11.6 Å². The molecule has 4 aromatic heterocycles. The van der Waals surface area contributed by atoms with Crippen LogP contribution in [0.1, 0.15) is 5.69 Å². The molecule has 1 saturated heterocycles. The summed E-state index contributed by atoms with van der Waals surface area (Å²) in [6, 6.07) is 14.5. The van der Waals surface area contributed by atoms with E-state index < -0.39 is 5.82 Å². The molecule has 11 heteroatoms. The Morgan fingerprint density at radius 3 is 2.68 bits per heavy atom. The van der Waals surface area contributed by atoms with Gasteiger partial charge in [0.25, 0.3) is 0 Å². The topological polar surface area (TPSA) is 111 Å². The number of benzene rings is 1. The normalized spacial score (nSPS) is 14.3. The van der Waals surface area contributed by atoms with E-state index in [0.29, 0.717) is 28.4 Å². The maximum atomic E-state index is 15.2. The summed E-state index contributed by atoms with van der Waals surface area (Å²) in [6.45, 7) is 5.32. The van der Waals surface area contributed by atoms with E-state index in [1.165, 1.54) is 0 Å². The molecule has 0 radical (unpaired) electrons. The van der Waals surface area contributed by atoms with E-state index in [4.69, 9.17) is 4.74 Å². The monoisotopic (exact) mass is 499 g/mol. The predicted octanol–water partition coefficient (Wildman–Crippen LogP) is 4.48. The molecule has 0 amide bonds. The Bertz CT molecular complexity index is 1540. The zero-order valence-corrected chi connectivity index (χ0v) is 20.5. The largest absolute Gasteiger partial charge is 0.421 e. The third-order valence-electron chi connectivity index (χ3n) is 6.33. The van der Waals surface area contributed by atoms with Gasteiger partial charge < -0.3 is 24.8 Å². The summed E-state index contributed by atoms with van der Waals surface area (Å²) < 4.78 is 21.1. The molecular formula is C26H26FN9O. The van der Waals surface area contributed by atoms with Crippen LogP contribution in [0.15, 0.2) is 54.7 Å². The number of likely N-dealkylation sites (N-methyl/N-ethyl adjacent to an activating group) is 1. The molecule has 188 valence electrons. The van der Waals surface area contributed by atoms with E-state index in [0.717, 1.165) is 43.3 Å². The number of hydrogen-bond donors (Lipinski definition) is 3. The Kier molecular flexibility index (Phi) is 5.89. The van der Waals surface area contributed by atoms with Gasteiger partial charge in [-0.05, 0) is 44.3 Å². The van der Waals surface area contributed by atoms with Gasteiger partial charge in [-0.3, -0.25) is 10.1 Å². The molecular weight excluding hydrogens is 473 g/mol. The van der Waals surface area contributed by atoms with Crippen molar-refractivity contribution in [2.75, 3.05) is 43.4 Å². The Balaban J connectivity index is 1.32. The summed E-state index contributed by atoms with van der Waals surface area (Å²) >= 11 is 0. The number of aromatic nitrogens is 6. The predicted molar refractivity (Wildman–Crippen MR) is 140 cm³/mol. The van der Waals surface area contributed by atoms with Crippen LogP contribution < -0.4 is 15.0 Å². The zero-order valence-electron chi connectivity index (χ0n) is 20.5. The number of H-pyrrole nitrogens is 2. The van der Waals surface area contributed by atoms with E-state index >= 15 is 4.39 Å². The Morgan fingerprint density at radius 2 is 1.86 bits per heavy atom. The van der Waals surface area contributed by atoms with Crippen LogP contribution in [-0.2, 0) is 0 Å². The highest BCUT2D eigenvalue weighted by molar-refractivity contribution is 5.82. The van der Waals surface area contributed by atoms with Crippen LogP contribution in [0, 0.1) is 12.7 Å². The smallest absolute Gasteiger partial charge is 0.326 e. The molecule has 6 rings (SSSR count). The van der Waals surface area contributed by atoms with Gasteiger partial charge in [-0.2, -0.15) is 15.1 Å². The van der Waals surface area contributed by atoms with Crippen molar-refractivity contribution >= 4 is 28.4 Å². The average Bonchev–Trinajstić information content (AvgIpc) is 3.53. The second-order valence-corrected chi connectivity index (χ2v) is 9.08. The minimum absolute atomic E-state index is 0.0462. The molecule has 10 nitrogen and oxygen atoms in total. The van der Waals surface area contributed by atoms with Gasteiger partial charge in [0, 0.05) is 61.1 Å². The fourth-order valence-electron chi connectivity index (χ4n) is 4.36. The van der Waals surface area contributed by atoms with Gasteiger partial charge in [0.2, 0.25) is 0 Å². The van der Waals surface area contributed by atoms with Crippen molar-refractivity contribution in [1.82, 2.24) is 35.0 Å². The first kappa shape index (κ1) is 22.9. The van der Waals surface area contributed by atoms with Gasteiger partial charge in [-0.15, -0.1) is 0 Å². The number of hydrogen-bond acceptors (Lipinski definition) is 8. The molecule has 5 aromatic rings. The summed E-state index contributed by atoms with van der Waals surface area (Å²) in [5, 5.41) is 11.0. The number of anilines is 3. The number of aryl methyl sites for hydroxylation is 1. The number of piperazine rings is 1.